The van der Waals surface area contributed by atoms with Crippen LogP contribution in [0.5, 0.6) is 0 Å². The molecule has 102 valence electrons. The summed E-state index contributed by atoms with van der Waals surface area (Å²) < 4.78 is 26.6. The van der Waals surface area contributed by atoms with Crippen LogP contribution in [-0.4, -0.2) is 16.5 Å². The second-order valence-electron chi connectivity index (χ2n) is 5.19. The smallest absolute Gasteiger partial charge is 0.135 e. The maximum atomic E-state index is 13.7. The van der Waals surface area contributed by atoms with Gasteiger partial charge in [-0.1, -0.05) is 13.8 Å². The summed E-state index contributed by atoms with van der Waals surface area (Å²) in [7, 11) is 0. The van der Waals surface area contributed by atoms with Gasteiger partial charge < -0.3 is 10.7 Å². The van der Waals surface area contributed by atoms with Crippen molar-refractivity contribution >= 4 is 0 Å². The van der Waals surface area contributed by atoms with E-state index in [1.807, 2.05) is 13.8 Å². The van der Waals surface area contributed by atoms with Crippen LogP contribution in [0.15, 0.2) is 24.4 Å². The largest absolute Gasteiger partial charge is 0.341 e. The highest BCUT2D eigenvalue weighted by atomic mass is 19.1. The Hall–Kier alpha value is -1.75. The van der Waals surface area contributed by atoms with Crippen molar-refractivity contribution in [2.24, 2.45) is 5.73 Å². The van der Waals surface area contributed by atoms with Gasteiger partial charge in [0.25, 0.3) is 0 Å². The first kappa shape index (κ1) is 13.7. The van der Waals surface area contributed by atoms with Crippen LogP contribution >= 0.6 is 0 Å². The van der Waals surface area contributed by atoms with E-state index in [9.17, 15) is 8.78 Å². The first-order valence-electron chi connectivity index (χ1n) is 6.15. The lowest BCUT2D eigenvalue weighted by molar-refractivity contribution is 0.462. The maximum absolute atomic E-state index is 13.7. The molecule has 0 saturated heterocycles. The molecule has 19 heavy (non-hydrogen) atoms. The number of halogens is 2. The van der Waals surface area contributed by atoms with Crippen molar-refractivity contribution in [2.75, 3.05) is 6.54 Å². The highest BCUT2D eigenvalue weighted by Gasteiger charge is 2.23. The second-order valence-corrected chi connectivity index (χ2v) is 5.19. The summed E-state index contributed by atoms with van der Waals surface area (Å²) in [5.41, 5.74) is 6.21. The highest BCUT2D eigenvalue weighted by molar-refractivity contribution is 5.59. The minimum Gasteiger partial charge on any atom is -0.341 e. The van der Waals surface area contributed by atoms with Crippen molar-refractivity contribution in [1.82, 2.24) is 9.97 Å². The molecule has 0 fully saturated rings. The molecule has 0 aliphatic rings. The molecule has 0 saturated carbocycles. The minimum absolute atomic E-state index is 0.205. The van der Waals surface area contributed by atoms with Crippen molar-refractivity contribution in [1.29, 1.82) is 0 Å². The summed E-state index contributed by atoms with van der Waals surface area (Å²) in [6, 6.07) is 3.49. The Kier molecular flexibility index (Phi) is 3.66. The third kappa shape index (κ3) is 2.81. The van der Waals surface area contributed by atoms with Gasteiger partial charge >= 0.3 is 0 Å². The van der Waals surface area contributed by atoms with E-state index in [0.717, 1.165) is 18.3 Å². The molecule has 0 radical (unpaired) electrons. The van der Waals surface area contributed by atoms with Gasteiger partial charge in [0, 0.05) is 17.0 Å². The lowest BCUT2D eigenvalue weighted by Crippen LogP contribution is -2.23. The first-order chi connectivity index (χ1) is 8.94. The van der Waals surface area contributed by atoms with Crippen molar-refractivity contribution in [3.8, 4) is 11.3 Å². The topological polar surface area (TPSA) is 54.7 Å². The number of imidazole rings is 1. The highest BCUT2D eigenvalue weighted by Crippen LogP contribution is 2.27. The third-order valence-electron chi connectivity index (χ3n) is 3.21. The summed E-state index contributed by atoms with van der Waals surface area (Å²) in [5, 5.41) is 0. The summed E-state index contributed by atoms with van der Waals surface area (Å²) in [6.07, 6.45) is 2.33. The minimum atomic E-state index is -0.605. The van der Waals surface area contributed by atoms with Crippen LogP contribution in [0.2, 0.25) is 0 Å². The Morgan fingerprint density at radius 2 is 2.05 bits per heavy atom. The third-order valence-corrected chi connectivity index (χ3v) is 3.21. The molecule has 0 bridgehead atoms. The standard InChI is InChI=1S/C14H17F2N3/c1-14(2,5-6-17)13-18-8-12(19-13)10-4-3-9(15)7-11(10)16/h3-4,7-8H,5-6,17H2,1-2H3,(H,18,19). The van der Waals surface area contributed by atoms with Gasteiger partial charge in [0.1, 0.15) is 17.5 Å². The number of nitrogens with one attached hydrogen (secondary N) is 1. The van der Waals surface area contributed by atoms with E-state index < -0.39 is 11.6 Å². The number of aromatic nitrogens is 2. The molecular formula is C14H17F2N3. The SMILES string of the molecule is CC(C)(CCN)c1ncc(-c2ccc(F)cc2F)[nH]1. The zero-order valence-electron chi connectivity index (χ0n) is 11.0. The average Bonchev–Trinajstić information content (AvgIpc) is 2.78. The van der Waals surface area contributed by atoms with Crippen LogP contribution in [-0.2, 0) is 5.41 Å². The number of benzene rings is 1. The summed E-state index contributed by atoms with van der Waals surface area (Å²) in [4.78, 5) is 7.36. The fourth-order valence-electron chi connectivity index (χ4n) is 1.99. The quantitative estimate of drug-likeness (QED) is 0.893. The molecule has 3 nitrogen and oxygen atoms in total. The van der Waals surface area contributed by atoms with Gasteiger partial charge in [0.15, 0.2) is 0 Å². The van der Waals surface area contributed by atoms with Crippen LogP contribution in [0, 0.1) is 11.6 Å². The molecule has 0 aliphatic carbocycles. The predicted octanol–water partition coefficient (Wildman–Crippen LogP) is 2.98. The summed E-state index contributed by atoms with van der Waals surface area (Å²) in [5.74, 6) is -0.451. The number of aromatic amines is 1. The van der Waals surface area contributed by atoms with Crippen molar-refractivity contribution in [3.63, 3.8) is 0 Å². The van der Waals surface area contributed by atoms with Crippen LogP contribution < -0.4 is 5.73 Å². The molecule has 1 aromatic carbocycles. The molecule has 0 amide bonds. The van der Waals surface area contributed by atoms with Gasteiger partial charge in [-0.25, -0.2) is 13.8 Å². The van der Waals surface area contributed by atoms with Crippen LogP contribution in [0.25, 0.3) is 11.3 Å². The van der Waals surface area contributed by atoms with E-state index in [0.29, 0.717) is 17.8 Å². The molecule has 0 unspecified atom stereocenters. The zero-order chi connectivity index (χ0) is 14.0. The van der Waals surface area contributed by atoms with Gasteiger partial charge in [-0.2, -0.15) is 0 Å². The van der Waals surface area contributed by atoms with Gasteiger partial charge in [-0.15, -0.1) is 0 Å². The molecule has 2 aromatic rings. The Labute approximate surface area is 110 Å². The monoisotopic (exact) mass is 265 g/mol. The number of hydrogen-bond acceptors (Lipinski definition) is 2. The molecule has 0 spiro atoms. The Balaban J connectivity index is 2.35. The van der Waals surface area contributed by atoms with Crippen molar-refractivity contribution < 1.29 is 8.78 Å². The second kappa shape index (κ2) is 5.09. The van der Waals surface area contributed by atoms with Gasteiger partial charge in [0.2, 0.25) is 0 Å². The molecular weight excluding hydrogens is 248 g/mol. The van der Waals surface area contributed by atoms with E-state index in [4.69, 9.17) is 5.73 Å². The van der Waals surface area contributed by atoms with Gasteiger partial charge in [-0.05, 0) is 25.1 Å². The molecule has 1 heterocycles. The number of nitrogens with zero attached hydrogens (tertiary/aromatic N) is 1. The van der Waals surface area contributed by atoms with E-state index in [2.05, 4.69) is 9.97 Å². The van der Waals surface area contributed by atoms with Gasteiger partial charge in [-0.3, -0.25) is 0 Å². The molecule has 3 N–H and O–H groups in total. The number of hydrogen-bond donors (Lipinski definition) is 2. The molecule has 2 rings (SSSR count). The fraction of sp³-hybridized carbons (Fsp3) is 0.357. The summed E-state index contributed by atoms with van der Waals surface area (Å²) >= 11 is 0. The normalized spacial score (nSPS) is 11.8. The fourth-order valence-corrected chi connectivity index (χ4v) is 1.99. The van der Waals surface area contributed by atoms with E-state index >= 15 is 0 Å². The Bertz CT molecular complexity index is 576. The Morgan fingerprint density at radius 3 is 2.68 bits per heavy atom. The lowest BCUT2D eigenvalue weighted by Gasteiger charge is -2.20. The average molecular weight is 265 g/mol. The first-order valence-corrected chi connectivity index (χ1v) is 6.15. The van der Waals surface area contributed by atoms with Crippen molar-refractivity contribution in [3.05, 3.63) is 41.9 Å². The van der Waals surface area contributed by atoms with E-state index in [-0.39, 0.29) is 5.41 Å². The van der Waals surface area contributed by atoms with E-state index in [1.165, 1.54) is 12.1 Å². The lowest BCUT2D eigenvalue weighted by atomic mass is 9.88. The predicted molar refractivity (Wildman–Crippen MR) is 70.6 cm³/mol. The Morgan fingerprint density at radius 1 is 1.32 bits per heavy atom. The number of nitrogens with two attached hydrogens (primary N) is 1. The maximum Gasteiger partial charge on any atom is 0.135 e. The van der Waals surface area contributed by atoms with E-state index in [1.54, 1.807) is 6.20 Å². The van der Waals surface area contributed by atoms with Crippen LogP contribution in [0.4, 0.5) is 8.78 Å². The summed E-state index contributed by atoms with van der Waals surface area (Å²) in [6.45, 7) is 4.58. The number of H-pyrrole nitrogens is 1. The van der Waals surface area contributed by atoms with Crippen molar-refractivity contribution in [2.45, 2.75) is 25.7 Å². The van der Waals surface area contributed by atoms with Crippen LogP contribution in [0.3, 0.4) is 0 Å². The van der Waals surface area contributed by atoms with Crippen LogP contribution in [0.1, 0.15) is 26.1 Å². The molecule has 5 heteroatoms. The number of rotatable bonds is 4. The molecule has 0 aliphatic heterocycles. The molecule has 0 atom stereocenters. The zero-order valence-corrected chi connectivity index (χ0v) is 11.0. The molecule has 1 aromatic heterocycles. The van der Waals surface area contributed by atoms with Gasteiger partial charge in [0.05, 0.1) is 11.9 Å².